The number of amides is 1. The first-order valence-electron chi connectivity index (χ1n) is 8.28. The molecule has 2 N–H and O–H groups in total. The number of hydrogen-bond donors (Lipinski definition) is 1. The number of imidazole rings is 1. The highest BCUT2D eigenvalue weighted by atomic mass is 35.5. The van der Waals surface area contributed by atoms with Crippen molar-refractivity contribution in [1.29, 1.82) is 0 Å². The van der Waals surface area contributed by atoms with E-state index in [9.17, 15) is 4.79 Å². The topological polar surface area (TPSA) is 89.9 Å². The number of aromatic nitrogens is 4. The predicted octanol–water partition coefficient (Wildman–Crippen LogP) is 2.95. The minimum Gasteiger partial charge on any atom is -0.382 e. The van der Waals surface area contributed by atoms with E-state index in [0.717, 1.165) is 23.0 Å². The number of fused-ring (bicyclic) bond motifs is 1. The van der Waals surface area contributed by atoms with Crippen molar-refractivity contribution in [3.8, 4) is 5.82 Å². The van der Waals surface area contributed by atoms with Crippen molar-refractivity contribution < 1.29 is 4.79 Å². The van der Waals surface area contributed by atoms with Crippen LogP contribution in [0.1, 0.15) is 29.8 Å². The zero-order valence-electron chi connectivity index (χ0n) is 15.2. The van der Waals surface area contributed by atoms with Crippen molar-refractivity contribution in [2.45, 2.75) is 20.3 Å². The molecule has 2 heterocycles. The molecule has 0 radical (unpaired) electrons. The maximum Gasteiger partial charge on any atom is 0.253 e. The van der Waals surface area contributed by atoms with E-state index in [1.807, 2.05) is 12.1 Å². The number of rotatable bonds is 4. The van der Waals surface area contributed by atoms with Gasteiger partial charge in [-0.2, -0.15) is 0 Å². The number of carbonyl (C=O) groups is 1. The largest absolute Gasteiger partial charge is 0.382 e. The molecular weight excluding hydrogens is 352 g/mol. The summed E-state index contributed by atoms with van der Waals surface area (Å²) in [4.78, 5) is 26.9. The number of hydrogen-bond acceptors (Lipinski definition) is 5. The maximum atomic E-state index is 12.6. The van der Waals surface area contributed by atoms with Gasteiger partial charge in [-0.05, 0) is 30.0 Å². The summed E-state index contributed by atoms with van der Waals surface area (Å²) in [5.41, 5.74) is 8.96. The van der Waals surface area contributed by atoms with E-state index in [-0.39, 0.29) is 16.7 Å². The Labute approximate surface area is 156 Å². The molecule has 7 nitrogen and oxygen atoms in total. The second-order valence-electron chi connectivity index (χ2n) is 6.77. The van der Waals surface area contributed by atoms with Gasteiger partial charge in [0.15, 0.2) is 5.82 Å². The fourth-order valence-electron chi connectivity index (χ4n) is 2.91. The molecule has 0 aliphatic heterocycles. The third-order valence-corrected chi connectivity index (χ3v) is 4.46. The summed E-state index contributed by atoms with van der Waals surface area (Å²) in [6.07, 6.45) is 3.75. The van der Waals surface area contributed by atoms with Crippen LogP contribution in [0.2, 0.25) is 5.02 Å². The van der Waals surface area contributed by atoms with Gasteiger partial charge in [-0.15, -0.1) is 0 Å². The summed E-state index contributed by atoms with van der Waals surface area (Å²) >= 11 is 6.27. The first-order chi connectivity index (χ1) is 12.3. The Balaban J connectivity index is 2.25. The van der Waals surface area contributed by atoms with Crippen molar-refractivity contribution in [2.24, 2.45) is 5.92 Å². The molecule has 3 aromatic rings. The molecule has 8 heteroatoms. The van der Waals surface area contributed by atoms with Crippen molar-refractivity contribution >= 4 is 34.4 Å². The standard InChI is InChI=1S/C18H21ClN6O/c1-10(2)7-12-11(18(26)24(3)4)5-6-13-15(12)23-9-25(13)17-14(19)16(20)21-8-22-17/h5-6,8-10H,7H2,1-4H3,(H2,20,21,22). The molecule has 2 aromatic heterocycles. The van der Waals surface area contributed by atoms with Crippen molar-refractivity contribution in [3.63, 3.8) is 0 Å². The lowest BCUT2D eigenvalue weighted by molar-refractivity contribution is 0.0826. The molecule has 0 unspecified atom stereocenters. The summed E-state index contributed by atoms with van der Waals surface area (Å²) in [5.74, 6) is 1.00. The summed E-state index contributed by atoms with van der Waals surface area (Å²) in [6.45, 7) is 4.23. The van der Waals surface area contributed by atoms with Crippen LogP contribution in [-0.2, 0) is 6.42 Å². The highest BCUT2D eigenvalue weighted by molar-refractivity contribution is 6.34. The second-order valence-corrected chi connectivity index (χ2v) is 7.15. The van der Waals surface area contributed by atoms with Crippen LogP contribution >= 0.6 is 11.6 Å². The molecule has 0 saturated heterocycles. The average Bonchev–Trinajstić information content (AvgIpc) is 3.01. The van der Waals surface area contributed by atoms with Crippen LogP contribution in [0.3, 0.4) is 0 Å². The van der Waals surface area contributed by atoms with E-state index in [1.165, 1.54) is 6.33 Å². The van der Waals surface area contributed by atoms with Crippen molar-refractivity contribution in [1.82, 2.24) is 24.4 Å². The molecule has 1 aromatic carbocycles. The number of nitrogens with zero attached hydrogens (tertiary/aromatic N) is 5. The Bertz CT molecular complexity index is 979. The van der Waals surface area contributed by atoms with E-state index in [0.29, 0.717) is 17.3 Å². The number of anilines is 1. The van der Waals surface area contributed by atoms with Crippen LogP contribution in [0.5, 0.6) is 0 Å². The monoisotopic (exact) mass is 372 g/mol. The summed E-state index contributed by atoms with van der Waals surface area (Å²) in [5, 5.41) is 0.269. The van der Waals surface area contributed by atoms with Crippen LogP contribution in [-0.4, -0.2) is 44.4 Å². The molecule has 0 aliphatic carbocycles. The van der Waals surface area contributed by atoms with E-state index in [1.54, 1.807) is 29.9 Å². The number of benzene rings is 1. The van der Waals surface area contributed by atoms with Gasteiger partial charge >= 0.3 is 0 Å². The fourth-order valence-corrected chi connectivity index (χ4v) is 3.10. The predicted molar refractivity (Wildman–Crippen MR) is 103 cm³/mol. The molecule has 0 atom stereocenters. The lowest BCUT2D eigenvalue weighted by Gasteiger charge is -2.16. The van der Waals surface area contributed by atoms with Gasteiger partial charge in [-0.3, -0.25) is 9.36 Å². The summed E-state index contributed by atoms with van der Waals surface area (Å²) < 4.78 is 1.77. The van der Waals surface area contributed by atoms with Gasteiger partial charge in [-0.1, -0.05) is 25.4 Å². The van der Waals surface area contributed by atoms with Gasteiger partial charge in [0.25, 0.3) is 5.91 Å². The zero-order chi connectivity index (χ0) is 19.0. The Kier molecular flexibility index (Phi) is 4.82. The molecular formula is C18H21ClN6O. The Morgan fingerprint density at radius 2 is 2.00 bits per heavy atom. The molecule has 0 aliphatic rings. The highest BCUT2D eigenvalue weighted by Gasteiger charge is 2.21. The number of carbonyl (C=O) groups excluding carboxylic acids is 1. The van der Waals surface area contributed by atoms with Gasteiger partial charge < -0.3 is 10.6 Å². The van der Waals surface area contributed by atoms with E-state index in [2.05, 4.69) is 28.8 Å². The van der Waals surface area contributed by atoms with Crippen LogP contribution < -0.4 is 5.73 Å². The van der Waals surface area contributed by atoms with Crippen molar-refractivity contribution in [3.05, 3.63) is 40.9 Å². The van der Waals surface area contributed by atoms with E-state index >= 15 is 0 Å². The van der Waals surface area contributed by atoms with Crippen LogP contribution in [0.15, 0.2) is 24.8 Å². The van der Waals surface area contributed by atoms with Gasteiger partial charge in [0, 0.05) is 19.7 Å². The van der Waals surface area contributed by atoms with Crippen LogP contribution in [0.4, 0.5) is 5.82 Å². The Morgan fingerprint density at radius 3 is 2.65 bits per heavy atom. The van der Waals surface area contributed by atoms with Gasteiger partial charge in [0.2, 0.25) is 0 Å². The van der Waals surface area contributed by atoms with Gasteiger partial charge in [-0.25, -0.2) is 15.0 Å². The minimum absolute atomic E-state index is 0.0404. The lowest BCUT2D eigenvalue weighted by Crippen LogP contribution is -2.23. The summed E-state index contributed by atoms with van der Waals surface area (Å²) in [6, 6.07) is 3.69. The normalized spacial score (nSPS) is 11.3. The Morgan fingerprint density at radius 1 is 1.27 bits per heavy atom. The molecule has 0 fully saturated rings. The lowest BCUT2D eigenvalue weighted by atomic mass is 9.95. The smallest absolute Gasteiger partial charge is 0.253 e. The third-order valence-electron chi connectivity index (χ3n) is 4.10. The Hall–Kier alpha value is -2.67. The van der Waals surface area contributed by atoms with Crippen LogP contribution in [0, 0.1) is 5.92 Å². The van der Waals surface area contributed by atoms with Crippen molar-refractivity contribution in [2.75, 3.05) is 19.8 Å². The molecule has 0 spiro atoms. The first kappa shape index (κ1) is 18.1. The number of halogens is 1. The second kappa shape index (κ2) is 6.92. The molecule has 3 rings (SSSR count). The van der Waals surface area contributed by atoms with Crippen LogP contribution in [0.25, 0.3) is 16.9 Å². The first-order valence-corrected chi connectivity index (χ1v) is 8.66. The molecule has 0 saturated carbocycles. The maximum absolute atomic E-state index is 12.6. The molecule has 26 heavy (non-hydrogen) atoms. The quantitative estimate of drug-likeness (QED) is 0.760. The summed E-state index contributed by atoms with van der Waals surface area (Å²) in [7, 11) is 3.49. The van der Waals surface area contributed by atoms with Gasteiger partial charge in [0.05, 0.1) is 11.0 Å². The molecule has 1 amide bonds. The SMILES string of the molecule is CC(C)Cc1c(C(=O)N(C)C)ccc2c1ncn2-c1ncnc(N)c1Cl. The van der Waals surface area contributed by atoms with Gasteiger partial charge in [0.1, 0.15) is 23.5 Å². The fraction of sp³-hybridized carbons (Fsp3) is 0.333. The van der Waals surface area contributed by atoms with E-state index in [4.69, 9.17) is 17.3 Å². The number of nitrogen functional groups attached to an aromatic ring is 1. The molecule has 136 valence electrons. The number of nitrogens with two attached hydrogens (primary N) is 1. The third kappa shape index (κ3) is 3.10. The minimum atomic E-state index is -0.0404. The zero-order valence-corrected chi connectivity index (χ0v) is 15.9. The highest BCUT2D eigenvalue weighted by Crippen LogP contribution is 2.29. The van der Waals surface area contributed by atoms with E-state index < -0.39 is 0 Å². The molecule has 0 bridgehead atoms. The average molecular weight is 373 g/mol.